The minimum atomic E-state index is -4.44. The number of carbonyl (C=O) groups is 1. The fourth-order valence-corrected chi connectivity index (χ4v) is 4.45. The zero-order valence-corrected chi connectivity index (χ0v) is 21.8. The molecule has 200 valence electrons. The second-order valence-electron chi connectivity index (χ2n) is 10.8. The first kappa shape index (κ1) is 25.7. The van der Waals surface area contributed by atoms with E-state index in [1.807, 2.05) is 51.6 Å². The van der Waals surface area contributed by atoms with Crippen molar-refractivity contribution in [1.82, 2.24) is 29.4 Å². The molecule has 0 saturated carbocycles. The number of likely N-dealkylation sites (tertiary alicyclic amines) is 1. The smallest absolute Gasteiger partial charge is 0.416 e. The summed E-state index contributed by atoms with van der Waals surface area (Å²) in [5, 5.41) is 10.1. The third kappa shape index (κ3) is 4.84. The van der Waals surface area contributed by atoms with Gasteiger partial charge in [-0.05, 0) is 70.5 Å². The molecule has 8 nitrogen and oxygen atoms in total. The number of halogens is 3. The Balaban J connectivity index is 1.58. The molecule has 11 heteroatoms. The maximum atomic E-state index is 13.2. The van der Waals surface area contributed by atoms with Crippen molar-refractivity contribution in [3.05, 3.63) is 60.2 Å². The fourth-order valence-electron chi connectivity index (χ4n) is 4.45. The summed E-state index contributed by atoms with van der Waals surface area (Å²) in [5.74, 6) is -0.0937. The van der Waals surface area contributed by atoms with Gasteiger partial charge in [-0.3, -0.25) is 4.68 Å². The van der Waals surface area contributed by atoms with E-state index in [0.29, 0.717) is 24.4 Å². The summed E-state index contributed by atoms with van der Waals surface area (Å²) in [7, 11) is 0. The molecular weight excluding hydrogens is 497 g/mol. The second-order valence-corrected chi connectivity index (χ2v) is 10.8. The zero-order chi connectivity index (χ0) is 27.4. The van der Waals surface area contributed by atoms with E-state index in [-0.39, 0.29) is 12.0 Å². The Bertz CT molecular complexity index is 1480. The van der Waals surface area contributed by atoms with Gasteiger partial charge in [0.1, 0.15) is 5.60 Å². The highest BCUT2D eigenvalue weighted by molar-refractivity contribution is 5.96. The van der Waals surface area contributed by atoms with Crippen molar-refractivity contribution in [2.24, 2.45) is 0 Å². The first-order valence-corrected chi connectivity index (χ1v) is 12.4. The van der Waals surface area contributed by atoms with Gasteiger partial charge in [0.2, 0.25) is 0 Å². The van der Waals surface area contributed by atoms with E-state index >= 15 is 0 Å². The number of amides is 1. The van der Waals surface area contributed by atoms with Gasteiger partial charge in [0.15, 0.2) is 5.65 Å². The lowest BCUT2D eigenvalue weighted by Gasteiger charge is -2.39. The van der Waals surface area contributed by atoms with Crippen molar-refractivity contribution in [1.29, 1.82) is 0 Å². The van der Waals surface area contributed by atoms with Crippen molar-refractivity contribution >= 4 is 17.1 Å². The summed E-state index contributed by atoms with van der Waals surface area (Å²) in [6, 6.07) is 6.90. The second kappa shape index (κ2) is 9.14. The number of pyridine rings is 1. The molecule has 0 N–H and O–H groups in total. The standard InChI is InChI=1S/C27H29F3N6O2/c1-16(2)35-15-17(12-32-35)21-10-11-31-24-22(21)23(18-13-34(14-18)25(37)38-26(3,4)5)33-36(24)20-8-6-19(7-9-20)27(28,29)30/h6-12,15-16,18H,13-14H2,1-5H3. The summed E-state index contributed by atoms with van der Waals surface area (Å²) < 4.78 is 48.4. The largest absolute Gasteiger partial charge is 0.444 e. The summed E-state index contributed by atoms with van der Waals surface area (Å²) >= 11 is 0. The van der Waals surface area contributed by atoms with Gasteiger partial charge in [-0.2, -0.15) is 23.4 Å². The number of hydrogen-bond acceptors (Lipinski definition) is 5. The van der Waals surface area contributed by atoms with Crippen molar-refractivity contribution in [2.75, 3.05) is 13.1 Å². The van der Waals surface area contributed by atoms with Crippen molar-refractivity contribution < 1.29 is 22.7 Å². The van der Waals surface area contributed by atoms with Gasteiger partial charge < -0.3 is 9.64 Å². The molecule has 5 rings (SSSR count). The minimum Gasteiger partial charge on any atom is -0.444 e. The number of hydrogen-bond donors (Lipinski definition) is 0. The van der Waals surface area contributed by atoms with Crippen LogP contribution in [0.3, 0.4) is 0 Å². The van der Waals surface area contributed by atoms with E-state index < -0.39 is 23.4 Å². The molecule has 3 aromatic heterocycles. The normalized spacial score (nSPS) is 14.8. The molecule has 1 aromatic carbocycles. The summed E-state index contributed by atoms with van der Waals surface area (Å²) in [6.07, 6.45) is 0.560. The van der Waals surface area contributed by atoms with Crippen LogP contribution in [0.4, 0.5) is 18.0 Å². The number of aromatic nitrogens is 5. The maximum Gasteiger partial charge on any atom is 0.416 e. The summed E-state index contributed by atoms with van der Waals surface area (Å²) in [4.78, 5) is 18.7. The molecule has 0 spiro atoms. The Labute approximate surface area is 218 Å². The average Bonchev–Trinajstić information content (AvgIpc) is 3.42. The van der Waals surface area contributed by atoms with Crippen LogP contribution in [-0.4, -0.2) is 54.2 Å². The molecule has 1 amide bonds. The third-order valence-electron chi connectivity index (χ3n) is 6.40. The number of carbonyl (C=O) groups excluding carboxylic acids is 1. The molecule has 4 aromatic rings. The molecule has 0 aliphatic carbocycles. The van der Waals surface area contributed by atoms with Gasteiger partial charge in [-0.25, -0.2) is 14.5 Å². The lowest BCUT2D eigenvalue weighted by Crippen LogP contribution is -2.50. The highest BCUT2D eigenvalue weighted by Crippen LogP contribution is 2.38. The van der Waals surface area contributed by atoms with Gasteiger partial charge in [-0.15, -0.1) is 0 Å². The Morgan fingerprint density at radius 2 is 1.76 bits per heavy atom. The first-order chi connectivity index (χ1) is 17.8. The predicted octanol–water partition coefficient (Wildman–Crippen LogP) is 6.22. The third-order valence-corrected chi connectivity index (χ3v) is 6.40. The zero-order valence-electron chi connectivity index (χ0n) is 21.8. The van der Waals surface area contributed by atoms with Crippen LogP contribution < -0.4 is 0 Å². The van der Waals surface area contributed by atoms with E-state index in [0.717, 1.165) is 34.3 Å². The van der Waals surface area contributed by atoms with E-state index in [1.165, 1.54) is 12.1 Å². The van der Waals surface area contributed by atoms with Gasteiger partial charge in [0.05, 0.1) is 28.5 Å². The van der Waals surface area contributed by atoms with Crippen LogP contribution in [0.2, 0.25) is 0 Å². The molecule has 0 atom stereocenters. The highest BCUT2D eigenvalue weighted by atomic mass is 19.4. The van der Waals surface area contributed by atoms with Gasteiger partial charge in [0, 0.05) is 43.0 Å². The first-order valence-electron chi connectivity index (χ1n) is 12.4. The molecule has 0 bridgehead atoms. The van der Waals surface area contributed by atoms with Crippen LogP contribution in [0, 0.1) is 0 Å². The Morgan fingerprint density at radius 3 is 2.34 bits per heavy atom. The quantitative estimate of drug-likeness (QED) is 0.316. The number of benzene rings is 1. The number of fused-ring (bicyclic) bond motifs is 1. The van der Waals surface area contributed by atoms with Crippen molar-refractivity contribution in [2.45, 2.75) is 58.4 Å². The minimum absolute atomic E-state index is 0.0937. The SMILES string of the molecule is CC(C)n1cc(-c2ccnc3c2c(C2CN(C(=O)OC(C)(C)C)C2)nn3-c2ccc(C(F)(F)F)cc2)cn1. The molecule has 1 saturated heterocycles. The van der Waals surface area contributed by atoms with Crippen LogP contribution in [0.25, 0.3) is 27.8 Å². The highest BCUT2D eigenvalue weighted by Gasteiger charge is 2.38. The Morgan fingerprint density at radius 1 is 1.08 bits per heavy atom. The van der Waals surface area contributed by atoms with Gasteiger partial charge in [0.25, 0.3) is 0 Å². The van der Waals surface area contributed by atoms with Gasteiger partial charge >= 0.3 is 12.3 Å². The molecular formula is C27H29F3N6O2. The Hall–Kier alpha value is -3.89. The monoisotopic (exact) mass is 526 g/mol. The topological polar surface area (TPSA) is 78.1 Å². The number of nitrogens with zero attached hydrogens (tertiary/aromatic N) is 6. The van der Waals surface area contributed by atoms with Crippen LogP contribution in [-0.2, 0) is 10.9 Å². The van der Waals surface area contributed by atoms with Crippen LogP contribution >= 0.6 is 0 Å². The fraction of sp³-hybridized carbons (Fsp3) is 0.407. The molecule has 38 heavy (non-hydrogen) atoms. The van der Waals surface area contributed by atoms with Crippen LogP contribution in [0.1, 0.15) is 57.8 Å². The number of ether oxygens (including phenoxy) is 1. The molecule has 0 radical (unpaired) electrons. The number of alkyl halides is 3. The molecule has 4 heterocycles. The van der Waals surface area contributed by atoms with Crippen LogP contribution in [0.5, 0.6) is 0 Å². The van der Waals surface area contributed by atoms with Crippen LogP contribution in [0.15, 0.2) is 48.9 Å². The van der Waals surface area contributed by atoms with E-state index in [1.54, 1.807) is 22.0 Å². The van der Waals surface area contributed by atoms with Crippen molar-refractivity contribution in [3.8, 4) is 16.8 Å². The molecule has 0 unspecified atom stereocenters. The number of rotatable bonds is 4. The van der Waals surface area contributed by atoms with E-state index in [4.69, 9.17) is 9.84 Å². The Kier molecular flexibility index (Phi) is 6.19. The summed E-state index contributed by atoms with van der Waals surface area (Å²) in [5.41, 5.74) is 2.10. The molecule has 1 fully saturated rings. The summed E-state index contributed by atoms with van der Waals surface area (Å²) in [6.45, 7) is 10.3. The lowest BCUT2D eigenvalue weighted by atomic mass is 9.92. The van der Waals surface area contributed by atoms with Crippen molar-refractivity contribution in [3.63, 3.8) is 0 Å². The average molecular weight is 527 g/mol. The molecule has 1 aliphatic heterocycles. The van der Waals surface area contributed by atoms with E-state index in [9.17, 15) is 18.0 Å². The maximum absolute atomic E-state index is 13.2. The lowest BCUT2D eigenvalue weighted by molar-refractivity contribution is -0.137. The molecule has 1 aliphatic rings. The van der Waals surface area contributed by atoms with Gasteiger partial charge in [-0.1, -0.05) is 0 Å². The van der Waals surface area contributed by atoms with E-state index in [2.05, 4.69) is 10.1 Å². The predicted molar refractivity (Wildman–Crippen MR) is 136 cm³/mol.